The lowest BCUT2D eigenvalue weighted by Crippen LogP contribution is -2.40. The number of carbonyl (C=O) groups is 1. The van der Waals surface area contributed by atoms with Crippen LogP contribution in [0, 0.1) is 24.2 Å². The Balaban J connectivity index is 1.47. The largest absolute Gasteiger partial charge is 0.357 e. The Bertz CT molecular complexity index is 1600. The third-order valence-electron chi connectivity index (χ3n) is 8.48. The number of benzene rings is 2. The normalized spacial score (nSPS) is 16.7. The lowest BCUT2D eigenvalue weighted by molar-refractivity contribution is -0.122. The van der Waals surface area contributed by atoms with Crippen molar-refractivity contribution in [3.05, 3.63) is 104 Å². The van der Waals surface area contributed by atoms with Crippen molar-refractivity contribution in [2.45, 2.75) is 58.9 Å². The maximum atomic E-state index is 13.7. The molecule has 2 aromatic carbocycles. The van der Waals surface area contributed by atoms with Gasteiger partial charge in [-0.3, -0.25) is 19.1 Å². The van der Waals surface area contributed by atoms with Crippen LogP contribution in [0.3, 0.4) is 0 Å². The first kappa shape index (κ1) is 30.8. The maximum Gasteiger partial charge on any atom is 0.270 e. The van der Waals surface area contributed by atoms with Gasteiger partial charge < -0.3 is 4.90 Å². The van der Waals surface area contributed by atoms with Gasteiger partial charge in [0.25, 0.3) is 11.5 Å². The number of unbranched alkanes of at least 4 members (excludes halogenated alkanes) is 1. The van der Waals surface area contributed by atoms with Gasteiger partial charge in [-0.15, -0.1) is 0 Å². The smallest absolute Gasteiger partial charge is 0.270 e. The van der Waals surface area contributed by atoms with Crippen LogP contribution < -0.4 is 10.5 Å². The molecular weight excluding hydrogens is 573 g/mol. The monoisotopic (exact) mass is 610 g/mol. The van der Waals surface area contributed by atoms with E-state index >= 15 is 0 Å². The fraction of sp³-hybridized carbons (Fsp3) is 0.371. The molecule has 3 heterocycles. The summed E-state index contributed by atoms with van der Waals surface area (Å²) < 4.78 is 2.32. The number of rotatable bonds is 10. The fourth-order valence-electron chi connectivity index (χ4n) is 6.01. The highest BCUT2D eigenvalue weighted by molar-refractivity contribution is 8.26. The van der Waals surface area contributed by atoms with Crippen molar-refractivity contribution >= 4 is 46.1 Å². The molecule has 0 spiro atoms. The summed E-state index contributed by atoms with van der Waals surface area (Å²) in [6, 6.07) is 22.8. The molecule has 5 rings (SSSR count). The predicted octanol–water partition coefficient (Wildman–Crippen LogP) is 6.73. The second kappa shape index (κ2) is 14.2. The van der Waals surface area contributed by atoms with Crippen molar-refractivity contribution in [2.24, 2.45) is 5.92 Å². The quantitative estimate of drug-likeness (QED) is 0.187. The minimum Gasteiger partial charge on any atom is -0.357 e. The third-order valence-corrected chi connectivity index (χ3v) is 9.86. The average molecular weight is 611 g/mol. The van der Waals surface area contributed by atoms with E-state index in [-0.39, 0.29) is 17.0 Å². The number of nitrogens with zero attached hydrogens (tertiary/aromatic N) is 4. The van der Waals surface area contributed by atoms with Crippen molar-refractivity contribution in [1.29, 1.82) is 5.26 Å². The van der Waals surface area contributed by atoms with Crippen LogP contribution in [0.1, 0.15) is 60.4 Å². The van der Waals surface area contributed by atoms with E-state index in [9.17, 15) is 14.9 Å². The lowest BCUT2D eigenvalue weighted by Gasteiger charge is -2.36. The van der Waals surface area contributed by atoms with Gasteiger partial charge in [0.15, 0.2) is 0 Å². The molecule has 8 heteroatoms. The molecule has 0 aliphatic carbocycles. The predicted molar refractivity (Wildman–Crippen MR) is 180 cm³/mol. The highest BCUT2D eigenvalue weighted by atomic mass is 32.2. The molecule has 0 atom stereocenters. The molecule has 0 saturated carbocycles. The van der Waals surface area contributed by atoms with E-state index in [1.165, 1.54) is 17.3 Å². The number of aromatic nitrogens is 1. The van der Waals surface area contributed by atoms with Gasteiger partial charge in [-0.1, -0.05) is 98.0 Å². The summed E-state index contributed by atoms with van der Waals surface area (Å²) in [6.45, 7) is 6.59. The van der Waals surface area contributed by atoms with E-state index in [4.69, 9.17) is 12.2 Å². The summed E-state index contributed by atoms with van der Waals surface area (Å²) in [5, 5.41) is 10.0. The minimum absolute atomic E-state index is 0.123. The van der Waals surface area contributed by atoms with Crippen LogP contribution in [0.4, 0.5) is 5.82 Å². The molecule has 43 heavy (non-hydrogen) atoms. The molecule has 0 N–H and O–H groups in total. The van der Waals surface area contributed by atoms with E-state index in [1.807, 2.05) is 37.3 Å². The molecule has 0 bridgehead atoms. The standard InChI is InChI=1S/C35H38N4O2S2/c1-3-4-18-38-32(37-19-15-28(16-20-37)22-27-13-9-6-10-14-27)29(25(2)30(24-36)33(38)40)23-31-34(41)39(35(42)43-31)21-17-26-11-7-5-8-12-26/h5-14,23,28H,3-4,15-22H2,1-2H3/b31-23+. The van der Waals surface area contributed by atoms with Crippen LogP contribution in [0.15, 0.2) is 70.4 Å². The number of carbonyl (C=O) groups excluding carboxylic acids is 1. The van der Waals surface area contributed by atoms with Gasteiger partial charge in [-0.05, 0) is 67.7 Å². The van der Waals surface area contributed by atoms with Crippen molar-refractivity contribution in [1.82, 2.24) is 9.47 Å². The molecule has 2 aliphatic rings. The van der Waals surface area contributed by atoms with Crippen LogP contribution in [0.5, 0.6) is 0 Å². The van der Waals surface area contributed by atoms with E-state index in [1.54, 1.807) is 9.47 Å². The first-order valence-corrected chi connectivity index (χ1v) is 16.4. The number of thioether (sulfide) groups is 1. The number of amides is 1. The Morgan fingerprint density at radius 1 is 1.00 bits per heavy atom. The summed E-state index contributed by atoms with van der Waals surface area (Å²) >= 11 is 6.94. The van der Waals surface area contributed by atoms with E-state index in [2.05, 4.69) is 54.3 Å². The SMILES string of the molecule is CCCCn1c(N2CCC(Cc3ccccc3)CC2)c(/C=C2/SC(=S)N(CCc3ccccc3)C2=O)c(C)c(C#N)c1=O. The molecule has 3 aromatic rings. The summed E-state index contributed by atoms with van der Waals surface area (Å²) in [4.78, 5) is 31.8. The van der Waals surface area contributed by atoms with Crippen LogP contribution >= 0.6 is 24.0 Å². The average Bonchev–Trinajstić information content (AvgIpc) is 3.29. The van der Waals surface area contributed by atoms with E-state index < -0.39 is 0 Å². The lowest BCUT2D eigenvalue weighted by atomic mass is 9.90. The summed E-state index contributed by atoms with van der Waals surface area (Å²) in [7, 11) is 0. The Morgan fingerprint density at radius 2 is 1.65 bits per heavy atom. The minimum atomic E-state index is -0.248. The molecule has 222 valence electrons. The Hall–Kier alpha value is -3.67. The van der Waals surface area contributed by atoms with E-state index in [0.717, 1.165) is 62.1 Å². The van der Waals surface area contributed by atoms with Crippen LogP contribution in [0.25, 0.3) is 6.08 Å². The van der Waals surface area contributed by atoms with Gasteiger partial charge in [-0.2, -0.15) is 5.26 Å². The fourth-order valence-corrected chi connectivity index (χ4v) is 7.30. The van der Waals surface area contributed by atoms with Gasteiger partial charge in [0.2, 0.25) is 0 Å². The van der Waals surface area contributed by atoms with Crippen molar-refractivity contribution in [3.8, 4) is 6.07 Å². The molecular formula is C35H38N4O2S2. The third kappa shape index (κ3) is 6.95. The van der Waals surface area contributed by atoms with Gasteiger partial charge in [0.05, 0.1) is 4.91 Å². The van der Waals surface area contributed by atoms with Crippen molar-refractivity contribution in [3.63, 3.8) is 0 Å². The molecule has 1 aromatic heterocycles. The molecule has 0 radical (unpaired) electrons. The molecule has 2 fully saturated rings. The Kier molecular flexibility index (Phi) is 10.2. The highest BCUT2D eigenvalue weighted by Crippen LogP contribution is 2.37. The first-order chi connectivity index (χ1) is 20.9. The van der Waals surface area contributed by atoms with Crippen molar-refractivity contribution < 1.29 is 4.79 Å². The zero-order valence-corrected chi connectivity index (χ0v) is 26.6. The zero-order valence-electron chi connectivity index (χ0n) is 24.9. The summed E-state index contributed by atoms with van der Waals surface area (Å²) in [5.74, 6) is 1.27. The second-order valence-electron chi connectivity index (χ2n) is 11.3. The van der Waals surface area contributed by atoms with Crippen LogP contribution in [-0.2, 0) is 24.2 Å². The van der Waals surface area contributed by atoms with Gasteiger partial charge in [0, 0.05) is 31.7 Å². The molecule has 2 saturated heterocycles. The molecule has 6 nitrogen and oxygen atoms in total. The van der Waals surface area contributed by atoms with Crippen molar-refractivity contribution in [2.75, 3.05) is 24.5 Å². The van der Waals surface area contributed by atoms with Crippen LogP contribution in [-0.4, -0.2) is 39.3 Å². The van der Waals surface area contributed by atoms with Crippen LogP contribution in [0.2, 0.25) is 0 Å². The molecule has 2 aliphatic heterocycles. The highest BCUT2D eigenvalue weighted by Gasteiger charge is 2.33. The van der Waals surface area contributed by atoms with Gasteiger partial charge in [-0.25, -0.2) is 0 Å². The summed E-state index contributed by atoms with van der Waals surface area (Å²) in [5.41, 5.74) is 3.79. The molecule has 1 amide bonds. The number of pyridine rings is 1. The van der Waals surface area contributed by atoms with Gasteiger partial charge >= 0.3 is 0 Å². The topological polar surface area (TPSA) is 69.3 Å². The first-order valence-electron chi connectivity index (χ1n) is 15.2. The number of hydrogen-bond acceptors (Lipinski definition) is 6. The van der Waals surface area contributed by atoms with Gasteiger partial charge in [0.1, 0.15) is 21.8 Å². The number of piperidine rings is 1. The maximum absolute atomic E-state index is 13.7. The number of nitriles is 1. The van der Waals surface area contributed by atoms with E-state index in [0.29, 0.717) is 40.2 Å². The second-order valence-corrected chi connectivity index (χ2v) is 13.0. The molecule has 0 unspecified atom stereocenters. The summed E-state index contributed by atoms with van der Waals surface area (Å²) in [6.07, 6.45) is 7.41. The number of thiocarbonyl (C=S) groups is 1. The zero-order chi connectivity index (χ0) is 30.3. The Morgan fingerprint density at radius 3 is 2.28 bits per heavy atom. The number of hydrogen-bond donors (Lipinski definition) is 0. The Labute approximate surface area is 264 Å². The number of anilines is 1.